The first kappa shape index (κ1) is 10.2. The lowest BCUT2D eigenvalue weighted by molar-refractivity contribution is -0.670. The molecule has 0 fully saturated rings. The topological polar surface area (TPSA) is 79.3 Å². The fourth-order valence-corrected chi connectivity index (χ4v) is 1.04. The second-order valence-corrected chi connectivity index (χ2v) is 2.65. The van der Waals surface area contributed by atoms with Crippen molar-refractivity contribution in [3.8, 4) is 5.75 Å². The lowest BCUT2D eigenvalue weighted by Crippen LogP contribution is -2.33. The highest BCUT2D eigenvalue weighted by Gasteiger charge is 2.28. The van der Waals surface area contributed by atoms with Gasteiger partial charge in [0.25, 0.3) is 5.75 Å². The van der Waals surface area contributed by atoms with Gasteiger partial charge in [0.15, 0.2) is 5.69 Å². The van der Waals surface area contributed by atoms with Crippen molar-refractivity contribution < 1.29 is 14.4 Å². The standard InChI is InChI=1S/C8H10N2O4/c1-3-14-7-5-4-6(2)9(11)8(7)10(12)13/h4-5H,3H2,1-2H3. The minimum atomic E-state index is -0.745. The molecule has 6 nitrogen and oxygen atoms in total. The van der Waals surface area contributed by atoms with Gasteiger partial charge in [0.2, 0.25) is 0 Å². The summed E-state index contributed by atoms with van der Waals surface area (Å²) in [5.74, 6) is -0.565. The highest BCUT2D eigenvalue weighted by Crippen LogP contribution is 2.22. The van der Waals surface area contributed by atoms with Crippen LogP contribution in [0, 0.1) is 22.2 Å². The summed E-state index contributed by atoms with van der Waals surface area (Å²) in [6.07, 6.45) is 0. The van der Waals surface area contributed by atoms with Crippen LogP contribution in [0.15, 0.2) is 12.1 Å². The second-order valence-electron chi connectivity index (χ2n) is 2.65. The molecule has 0 aromatic carbocycles. The number of hydrogen-bond donors (Lipinski definition) is 0. The number of aryl methyl sites for hydroxylation is 1. The summed E-state index contributed by atoms with van der Waals surface area (Å²) in [4.78, 5) is 9.83. The average molecular weight is 198 g/mol. The third-order valence-electron chi connectivity index (χ3n) is 1.68. The molecule has 6 heteroatoms. The molecule has 0 saturated heterocycles. The smallest absolute Gasteiger partial charge is 0.555 e. The van der Waals surface area contributed by atoms with Crippen LogP contribution in [0.25, 0.3) is 0 Å². The highest BCUT2D eigenvalue weighted by atomic mass is 16.6. The minimum Gasteiger partial charge on any atom is -0.614 e. The van der Waals surface area contributed by atoms with Crippen LogP contribution in [0.5, 0.6) is 5.75 Å². The number of pyridine rings is 1. The largest absolute Gasteiger partial charge is 0.614 e. The predicted molar refractivity (Wildman–Crippen MR) is 48.0 cm³/mol. The van der Waals surface area contributed by atoms with E-state index in [2.05, 4.69) is 0 Å². The summed E-state index contributed by atoms with van der Waals surface area (Å²) in [6, 6.07) is 2.90. The molecule has 0 atom stereocenters. The monoisotopic (exact) mass is 198 g/mol. The van der Waals surface area contributed by atoms with Gasteiger partial charge in [-0.25, -0.2) is 0 Å². The lowest BCUT2D eigenvalue weighted by atomic mass is 10.3. The van der Waals surface area contributed by atoms with Gasteiger partial charge in [-0.3, -0.25) is 10.1 Å². The van der Waals surface area contributed by atoms with Crippen molar-refractivity contribution in [3.05, 3.63) is 33.1 Å². The Balaban J connectivity index is 3.30. The molecule has 1 rings (SSSR count). The molecule has 0 spiro atoms. The van der Waals surface area contributed by atoms with Gasteiger partial charge in [0, 0.05) is 19.1 Å². The van der Waals surface area contributed by atoms with Crippen LogP contribution in [-0.2, 0) is 0 Å². The molecule has 0 aliphatic rings. The van der Waals surface area contributed by atoms with Crippen molar-refractivity contribution in [1.29, 1.82) is 0 Å². The number of rotatable bonds is 3. The van der Waals surface area contributed by atoms with Crippen LogP contribution in [0.3, 0.4) is 0 Å². The first-order valence-electron chi connectivity index (χ1n) is 4.08. The van der Waals surface area contributed by atoms with Crippen molar-refractivity contribution in [2.75, 3.05) is 6.61 Å². The van der Waals surface area contributed by atoms with E-state index in [0.717, 1.165) is 0 Å². The fraction of sp³-hybridized carbons (Fsp3) is 0.375. The third kappa shape index (κ3) is 1.73. The van der Waals surface area contributed by atoms with Gasteiger partial charge in [-0.1, -0.05) is 0 Å². The van der Waals surface area contributed by atoms with Gasteiger partial charge in [-0.05, 0) is 6.92 Å². The molecule has 0 bridgehead atoms. The van der Waals surface area contributed by atoms with Crippen LogP contribution in [-0.4, -0.2) is 11.5 Å². The van der Waals surface area contributed by atoms with Crippen LogP contribution in [0.1, 0.15) is 12.6 Å². The summed E-state index contributed by atoms with van der Waals surface area (Å²) >= 11 is 0. The Morgan fingerprint density at radius 3 is 2.71 bits per heavy atom. The molecule has 0 amide bonds. The molecule has 0 radical (unpaired) electrons. The molecule has 14 heavy (non-hydrogen) atoms. The first-order valence-corrected chi connectivity index (χ1v) is 4.08. The summed E-state index contributed by atoms with van der Waals surface area (Å²) in [5.41, 5.74) is 0.264. The van der Waals surface area contributed by atoms with Gasteiger partial charge in [0.1, 0.15) is 4.92 Å². The SMILES string of the molecule is CCOc1ccc(C)[n+]([O-])c1[N+](=O)[O-]. The number of nitro groups is 1. The molecule has 1 aromatic rings. The van der Waals surface area contributed by atoms with Crippen molar-refractivity contribution in [2.45, 2.75) is 13.8 Å². The van der Waals surface area contributed by atoms with E-state index in [1.807, 2.05) is 0 Å². The van der Waals surface area contributed by atoms with Crippen molar-refractivity contribution in [2.24, 2.45) is 0 Å². The van der Waals surface area contributed by atoms with Gasteiger partial charge in [-0.15, -0.1) is 4.73 Å². The number of nitrogens with zero attached hydrogens (tertiary/aromatic N) is 2. The maximum absolute atomic E-state index is 11.3. The number of ether oxygens (including phenoxy) is 1. The molecular weight excluding hydrogens is 188 g/mol. The summed E-state index contributed by atoms with van der Waals surface area (Å²) < 4.78 is 5.23. The lowest BCUT2D eigenvalue weighted by Gasteiger charge is -2.04. The van der Waals surface area contributed by atoms with Crippen molar-refractivity contribution in [1.82, 2.24) is 0 Å². The van der Waals surface area contributed by atoms with Crippen molar-refractivity contribution in [3.63, 3.8) is 0 Å². The summed E-state index contributed by atoms with van der Waals surface area (Å²) in [6.45, 7) is 3.47. The molecular formula is C8H10N2O4. The summed E-state index contributed by atoms with van der Waals surface area (Å²) in [5, 5.41) is 21.9. The third-order valence-corrected chi connectivity index (χ3v) is 1.68. The zero-order chi connectivity index (χ0) is 10.7. The Labute approximate surface area is 80.5 Å². The molecule has 0 unspecified atom stereocenters. The van der Waals surface area contributed by atoms with Gasteiger partial charge >= 0.3 is 5.82 Å². The normalized spacial score (nSPS) is 9.86. The Morgan fingerprint density at radius 2 is 2.21 bits per heavy atom. The maximum Gasteiger partial charge on any atom is 0.555 e. The first-order chi connectivity index (χ1) is 6.57. The fourth-order valence-electron chi connectivity index (χ4n) is 1.04. The van der Waals surface area contributed by atoms with E-state index >= 15 is 0 Å². The minimum absolute atomic E-state index is 0.00176. The van der Waals surface area contributed by atoms with Crippen molar-refractivity contribution >= 4 is 5.82 Å². The van der Waals surface area contributed by atoms with Crippen LogP contribution in [0.2, 0.25) is 0 Å². The van der Waals surface area contributed by atoms with Crippen LogP contribution < -0.4 is 9.47 Å². The zero-order valence-corrected chi connectivity index (χ0v) is 7.89. The zero-order valence-electron chi connectivity index (χ0n) is 7.89. The van der Waals surface area contributed by atoms with E-state index < -0.39 is 10.7 Å². The molecule has 1 heterocycles. The quantitative estimate of drug-likeness (QED) is 0.313. The van der Waals surface area contributed by atoms with E-state index in [0.29, 0.717) is 0 Å². The average Bonchev–Trinajstić information content (AvgIpc) is 2.11. The van der Waals surface area contributed by atoms with Crippen LogP contribution in [0.4, 0.5) is 5.82 Å². The van der Waals surface area contributed by atoms with Crippen LogP contribution >= 0.6 is 0 Å². The number of hydrogen-bond acceptors (Lipinski definition) is 4. The Hall–Kier alpha value is -1.85. The van der Waals surface area contributed by atoms with Gasteiger partial charge < -0.3 is 9.94 Å². The molecule has 0 N–H and O–H groups in total. The summed E-state index contributed by atoms with van der Waals surface area (Å²) in [7, 11) is 0. The van der Waals surface area contributed by atoms with Gasteiger partial charge in [0.05, 0.1) is 6.61 Å². The number of aromatic nitrogens is 1. The Morgan fingerprint density at radius 1 is 1.57 bits per heavy atom. The predicted octanol–water partition coefficient (Wildman–Crippen LogP) is 0.935. The highest BCUT2D eigenvalue weighted by molar-refractivity contribution is 5.35. The van der Waals surface area contributed by atoms with E-state index in [1.54, 1.807) is 6.92 Å². The molecule has 0 aliphatic carbocycles. The maximum atomic E-state index is 11.3. The van der Waals surface area contributed by atoms with E-state index in [1.165, 1.54) is 19.1 Å². The Bertz CT molecular complexity index is 365. The molecule has 1 aromatic heterocycles. The molecule has 0 aliphatic heterocycles. The van der Waals surface area contributed by atoms with Gasteiger partial charge in [-0.2, -0.15) is 0 Å². The van der Waals surface area contributed by atoms with E-state index in [4.69, 9.17) is 4.74 Å². The Kier molecular flexibility index (Phi) is 2.85. The molecule has 0 saturated carbocycles. The van der Waals surface area contributed by atoms with E-state index in [9.17, 15) is 15.3 Å². The molecule has 76 valence electrons. The second kappa shape index (κ2) is 3.91. The van der Waals surface area contributed by atoms with E-state index in [-0.39, 0.29) is 22.8 Å².